The van der Waals surface area contributed by atoms with Gasteiger partial charge in [-0.15, -0.1) is 10.2 Å². The third-order valence-corrected chi connectivity index (χ3v) is 5.21. The lowest BCUT2D eigenvalue weighted by atomic mass is 9.95. The van der Waals surface area contributed by atoms with E-state index in [1.807, 2.05) is 66.7 Å². The molecule has 0 amide bonds. The van der Waals surface area contributed by atoms with Gasteiger partial charge in [-0.05, 0) is 36.0 Å². The molecule has 0 bridgehead atoms. The van der Waals surface area contributed by atoms with Gasteiger partial charge in [0.15, 0.2) is 5.75 Å². The van der Waals surface area contributed by atoms with Crippen LogP contribution in [-0.4, -0.2) is 23.4 Å². The largest absolute Gasteiger partial charge is 0.483 e. The highest BCUT2D eigenvalue weighted by molar-refractivity contribution is 5.64. The average molecular weight is 402 g/mol. The molecule has 154 valence electrons. The summed E-state index contributed by atoms with van der Waals surface area (Å²) in [6.07, 6.45) is 5.25. The molecule has 0 fully saturated rings. The third-order valence-electron chi connectivity index (χ3n) is 5.21. The molecule has 0 saturated carbocycles. The van der Waals surface area contributed by atoms with Crippen LogP contribution in [0.15, 0.2) is 72.8 Å². The molecular formula is C25H26N2O3. The summed E-state index contributed by atoms with van der Waals surface area (Å²) in [5, 5.41) is 8.77. The smallest absolute Gasteiger partial charge is 0.276 e. The van der Waals surface area contributed by atoms with E-state index in [1.54, 1.807) is 7.11 Å². The molecule has 5 nitrogen and oxygen atoms in total. The van der Waals surface area contributed by atoms with Crippen molar-refractivity contribution >= 4 is 5.57 Å². The fraction of sp³-hybridized carbons (Fsp3) is 0.280. The number of hydrogen-bond acceptors (Lipinski definition) is 5. The molecule has 1 aliphatic rings. The molecule has 0 radical (unpaired) electrons. The number of ether oxygens (including phenoxy) is 3. The second kappa shape index (κ2) is 10.0. The van der Waals surface area contributed by atoms with Crippen LogP contribution in [0.25, 0.3) is 5.57 Å². The molecule has 1 aliphatic carbocycles. The van der Waals surface area contributed by atoms with E-state index in [-0.39, 0.29) is 6.10 Å². The molecule has 0 N–H and O–H groups in total. The topological polar surface area (TPSA) is 53.5 Å². The Kier molecular flexibility index (Phi) is 6.72. The van der Waals surface area contributed by atoms with Crippen molar-refractivity contribution in [2.24, 2.45) is 0 Å². The highest BCUT2D eigenvalue weighted by atomic mass is 16.5. The van der Waals surface area contributed by atoms with Crippen molar-refractivity contribution in [3.05, 3.63) is 89.6 Å². The van der Waals surface area contributed by atoms with Crippen molar-refractivity contribution in [2.45, 2.75) is 38.6 Å². The first-order chi connectivity index (χ1) is 14.8. The lowest BCUT2D eigenvalue weighted by Crippen LogP contribution is -2.14. The van der Waals surface area contributed by atoms with Crippen LogP contribution in [0.1, 0.15) is 36.1 Å². The predicted octanol–water partition coefficient (Wildman–Crippen LogP) is 5.22. The highest BCUT2D eigenvalue weighted by Crippen LogP contribution is 2.32. The monoisotopic (exact) mass is 402 g/mol. The van der Waals surface area contributed by atoms with Crippen LogP contribution in [0, 0.1) is 0 Å². The number of aromatic nitrogens is 2. The Bertz CT molecular complexity index is 974. The molecule has 1 unspecified atom stereocenters. The molecule has 2 aromatic carbocycles. The van der Waals surface area contributed by atoms with Crippen molar-refractivity contribution in [1.82, 2.24) is 10.2 Å². The zero-order chi connectivity index (χ0) is 20.6. The fourth-order valence-corrected chi connectivity index (χ4v) is 3.44. The minimum Gasteiger partial charge on any atom is -0.483 e. The summed E-state index contributed by atoms with van der Waals surface area (Å²) in [6.45, 7) is 0.854. The number of hydrogen-bond donors (Lipinski definition) is 0. The van der Waals surface area contributed by atoms with Crippen molar-refractivity contribution in [3.8, 4) is 11.6 Å². The first-order valence-electron chi connectivity index (χ1n) is 10.2. The standard InChI is InChI=1S/C25H26N2O3/c1-28-22-14-12-21(13-15-22)23-16-24(29-17-19-8-4-2-5-9-19)25(27-26-23)30-18-20-10-6-3-7-11-20/h2-12,16,22H,13-15,17-18H2,1H3. The van der Waals surface area contributed by atoms with E-state index >= 15 is 0 Å². The second-order valence-electron chi connectivity index (χ2n) is 7.31. The van der Waals surface area contributed by atoms with E-state index in [9.17, 15) is 0 Å². The molecule has 3 aromatic rings. The van der Waals surface area contributed by atoms with Gasteiger partial charge in [0.1, 0.15) is 13.2 Å². The van der Waals surface area contributed by atoms with Crippen molar-refractivity contribution in [3.63, 3.8) is 0 Å². The third kappa shape index (κ3) is 5.24. The van der Waals surface area contributed by atoms with Crippen molar-refractivity contribution in [2.75, 3.05) is 7.11 Å². The lowest BCUT2D eigenvalue weighted by Gasteiger charge is -2.20. The van der Waals surface area contributed by atoms with Crippen LogP contribution in [0.3, 0.4) is 0 Å². The van der Waals surface area contributed by atoms with E-state index in [1.165, 1.54) is 5.57 Å². The zero-order valence-electron chi connectivity index (χ0n) is 17.2. The van der Waals surface area contributed by atoms with Crippen LogP contribution in [0.5, 0.6) is 11.6 Å². The first-order valence-corrected chi connectivity index (χ1v) is 10.2. The first kappa shape index (κ1) is 20.1. The summed E-state index contributed by atoms with van der Waals surface area (Å²) in [5.74, 6) is 1.01. The highest BCUT2D eigenvalue weighted by Gasteiger charge is 2.18. The van der Waals surface area contributed by atoms with E-state index in [0.29, 0.717) is 24.8 Å². The van der Waals surface area contributed by atoms with Gasteiger partial charge in [0.2, 0.25) is 0 Å². The number of rotatable bonds is 8. The van der Waals surface area contributed by atoms with Gasteiger partial charge < -0.3 is 14.2 Å². The Hall–Kier alpha value is -3.18. The maximum absolute atomic E-state index is 6.11. The second-order valence-corrected chi connectivity index (χ2v) is 7.31. The van der Waals surface area contributed by atoms with Gasteiger partial charge in [-0.2, -0.15) is 0 Å². The van der Waals surface area contributed by atoms with Gasteiger partial charge in [-0.1, -0.05) is 66.7 Å². The average Bonchev–Trinajstić information content (AvgIpc) is 2.83. The Labute approximate surface area is 177 Å². The van der Waals surface area contributed by atoms with Gasteiger partial charge >= 0.3 is 0 Å². The maximum atomic E-state index is 6.11. The van der Waals surface area contributed by atoms with E-state index in [0.717, 1.165) is 36.1 Å². The predicted molar refractivity (Wildman–Crippen MR) is 116 cm³/mol. The van der Waals surface area contributed by atoms with E-state index < -0.39 is 0 Å². The lowest BCUT2D eigenvalue weighted by molar-refractivity contribution is 0.0964. The summed E-state index contributed by atoms with van der Waals surface area (Å²) in [5.41, 5.74) is 4.16. The fourth-order valence-electron chi connectivity index (χ4n) is 3.44. The van der Waals surface area contributed by atoms with Crippen LogP contribution in [0.2, 0.25) is 0 Å². The van der Waals surface area contributed by atoms with E-state index in [2.05, 4.69) is 16.3 Å². The van der Waals surface area contributed by atoms with Crippen LogP contribution in [0.4, 0.5) is 0 Å². The minimum atomic E-state index is 0.281. The van der Waals surface area contributed by atoms with Gasteiger partial charge in [-0.25, -0.2) is 0 Å². The number of methoxy groups -OCH3 is 1. The summed E-state index contributed by atoms with van der Waals surface area (Å²) >= 11 is 0. The van der Waals surface area contributed by atoms with Gasteiger partial charge in [-0.3, -0.25) is 0 Å². The molecule has 0 spiro atoms. The van der Waals surface area contributed by atoms with Crippen LogP contribution < -0.4 is 9.47 Å². The molecular weight excluding hydrogens is 376 g/mol. The molecule has 1 atom stereocenters. The summed E-state index contributed by atoms with van der Waals surface area (Å²) < 4.78 is 17.5. The summed E-state index contributed by atoms with van der Waals surface area (Å²) in [4.78, 5) is 0. The quantitative estimate of drug-likeness (QED) is 0.517. The normalized spacial score (nSPS) is 16.0. The van der Waals surface area contributed by atoms with Crippen molar-refractivity contribution in [1.29, 1.82) is 0 Å². The molecule has 5 heteroatoms. The maximum Gasteiger partial charge on any atom is 0.276 e. The number of nitrogens with zero attached hydrogens (tertiary/aromatic N) is 2. The minimum absolute atomic E-state index is 0.281. The van der Waals surface area contributed by atoms with Gasteiger partial charge in [0, 0.05) is 13.2 Å². The number of benzene rings is 2. The Morgan fingerprint density at radius 2 is 1.53 bits per heavy atom. The van der Waals surface area contributed by atoms with Crippen LogP contribution in [-0.2, 0) is 18.0 Å². The molecule has 1 aromatic heterocycles. The van der Waals surface area contributed by atoms with E-state index in [4.69, 9.17) is 14.2 Å². The van der Waals surface area contributed by atoms with Crippen molar-refractivity contribution < 1.29 is 14.2 Å². The Morgan fingerprint density at radius 1 is 0.867 bits per heavy atom. The molecule has 30 heavy (non-hydrogen) atoms. The Balaban J connectivity index is 1.54. The van der Waals surface area contributed by atoms with Gasteiger partial charge in [0.05, 0.1) is 11.8 Å². The van der Waals surface area contributed by atoms with Crippen LogP contribution >= 0.6 is 0 Å². The SMILES string of the molecule is COC1CC=C(c2cc(OCc3ccccc3)c(OCc3ccccc3)nn2)CC1. The molecule has 1 heterocycles. The molecule has 0 saturated heterocycles. The summed E-state index contributed by atoms with van der Waals surface area (Å²) in [6, 6.07) is 22.0. The molecule has 0 aliphatic heterocycles. The number of allylic oxidation sites excluding steroid dienone is 1. The molecule has 4 rings (SSSR count). The summed E-state index contributed by atoms with van der Waals surface area (Å²) in [7, 11) is 1.76. The van der Waals surface area contributed by atoms with Gasteiger partial charge in [0.25, 0.3) is 5.88 Å². The Morgan fingerprint density at radius 3 is 2.13 bits per heavy atom. The zero-order valence-corrected chi connectivity index (χ0v) is 17.2.